The molecule has 0 bridgehead atoms. The van der Waals surface area contributed by atoms with Crippen LogP contribution in [0.4, 0.5) is 22.0 Å². The molecule has 0 radical (unpaired) electrons. The maximum absolute atomic E-state index is 14.7. The molecule has 4 nitrogen and oxygen atoms in total. The third-order valence-electron chi connectivity index (χ3n) is 6.49. The third kappa shape index (κ3) is 7.49. The topological polar surface area (TPSA) is 44.2 Å². The van der Waals surface area contributed by atoms with Crippen molar-refractivity contribution < 1.29 is 31.4 Å². The van der Waals surface area contributed by atoms with Crippen LogP contribution in [0, 0.1) is 29.4 Å². The molecule has 1 fully saturated rings. The molecule has 0 amide bonds. The molecule has 2 heterocycles. The van der Waals surface area contributed by atoms with Gasteiger partial charge in [0.25, 0.3) is 0 Å². The summed E-state index contributed by atoms with van der Waals surface area (Å²) in [7, 11) is 0. The van der Waals surface area contributed by atoms with Gasteiger partial charge in [0.05, 0.1) is 18.8 Å². The second-order valence-corrected chi connectivity index (χ2v) is 9.50. The van der Waals surface area contributed by atoms with Crippen LogP contribution in [0.3, 0.4) is 0 Å². The van der Waals surface area contributed by atoms with Crippen molar-refractivity contribution in [2.45, 2.75) is 64.3 Å². The molecule has 4 rings (SSSR count). The summed E-state index contributed by atoms with van der Waals surface area (Å²) in [5.74, 6) is 0.946. The molecule has 0 unspecified atom stereocenters. The number of fused-ring (bicyclic) bond motifs is 1. The molecule has 202 valence electrons. The zero-order valence-corrected chi connectivity index (χ0v) is 21.1. The third-order valence-corrected chi connectivity index (χ3v) is 6.49. The van der Waals surface area contributed by atoms with Gasteiger partial charge in [0, 0.05) is 41.6 Å². The fourth-order valence-electron chi connectivity index (χ4n) is 4.41. The van der Waals surface area contributed by atoms with Crippen LogP contribution in [0.25, 0.3) is 22.2 Å². The first-order valence-electron chi connectivity index (χ1n) is 12.8. The largest absolute Gasteiger partial charge is 0.458 e. The molecule has 0 saturated carbocycles. The van der Waals surface area contributed by atoms with E-state index >= 15 is 0 Å². The fraction of sp³-hybridized carbons (Fsp3) is 0.448. The summed E-state index contributed by atoms with van der Waals surface area (Å²) < 4.78 is 77.8. The van der Waals surface area contributed by atoms with Crippen LogP contribution in [0.2, 0.25) is 0 Å². The first-order chi connectivity index (χ1) is 18.2. The molecule has 1 aliphatic heterocycles. The van der Waals surface area contributed by atoms with Gasteiger partial charge in [-0.15, -0.1) is 0 Å². The summed E-state index contributed by atoms with van der Waals surface area (Å²) in [5, 5.41) is 0.118. The lowest BCUT2D eigenvalue weighted by Crippen LogP contribution is -2.32. The molecule has 0 N–H and O–H groups in total. The lowest BCUT2D eigenvalue weighted by Gasteiger charge is -2.29. The van der Waals surface area contributed by atoms with Crippen LogP contribution >= 0.6 is 0 Å². The Kier molecular flexibility index (Phi) is 9.29. The van der Waals surface area contributed by atoms with Gasteiger partial charge in [0.1, 0.15) is 11.6 Å². The number of aryl methyl sites for hydroxylation is 1. The first kappa shape index (κ1) is 27.9. The number of hydrogen-bond donors (Lipinski definition) is 0. The van der Waals surface area contributed by atoms with Crippen LogP contribution in [-0.4, -0.2) is 35.6 Å². The average molecular weight is 533 g/mol. The Morgan fingerprint density at radius 2 is 1.71 bits per heavy atom. The van der Waals surface area contributed by atoms with Crippen molar-refractivity contribution in [3.05, 3.63) is 59.4 Å². The van der Waals surface area contributed by atoms with Crippen LogP contribution < -0.4 is 0 Å². The van der Waals surface area contributed by atoms with E-state index in [2.05, 4.69) is 16.9 Å². The second-order valence-electron chi connectivity index (χ2n) is 9.50. The normalized spacial score (nSPS) is 17.8. The number of unbranched alkanes of at least 4 members (excludes halogenated alkanes) is 3. The molecule has 1 saturated heterocycles. The second kappa shape index (κ2) is 12.6. The number of rotatable bonds is 9. The van der Waals surface area contributed by atoms with Crippen LogP contribution in [0.15, 0.2) is 36.7 Å². The zero-order valence-electron chi connectivity index (χ0n) is 21.1. The number of alkyl halides is 3. The summed E-state index contributed by atoms with van der Waals surface area (Å²) in [6, 6.07) is 5.32. The fourth-order valence-corrected chi connectivity index (χ4v) is 4.41. The van der Waals surface area contributed by atoms with Gasteiger partial charge in [0.15, 0.2) is 12.1 Å². The highest BCUT2D eigenvalue weighted by molar-refractivity contribution is 5.88. The van der Waals surface area contributed by atoms with Crippen molar-refractivity contribution in [2.75, 3.05) is 13.2 Å². The lowest BCUT2D eigenvalue weighted by molar-refractivity contribution is -0.203. The summed E-state index contributed by atoms with van der Waals surface area (Å²) in [6.45, 7) is 3.63. The minimum absolute atomic E-state index is 0.0473. The van der Waals surface area contributed by atoms with Crippen LogP contribution in [0.5, 0.6) is 0 Å². The molecule has 0 atom stereocenters. The van der Waals surface area contributed by atoms with Crippen molar-refractivity contribution in [1.29, 1.82) is 0 Å². The monoisotopic (exact) mass is 532 g/mol. The summed E-state index contributed by atoms with van der Waals surface area (Å²) in [4.78, 5) is 8.74. The molecule has 9 heteroatoms. The molecule has 2 aromatic carbocycles. The molecule has 38 heavy (non-hydrogen) atoms. The summed E-state index contributed by atoms with van der Waals surface area (Å²) in [5.41, 5.74) is 0.492. The van der Waals surface area contributed by atoms with Gasteiger partial charge >= 0.3 is 6.18 Å². The number of ether oxygens (including phenoxy) is 2. The van der Waals surface area contributed by atoms with E-state index in [-0.39, 0.29) is 17.1 Å². The van der Waals surface area contributed by atoms with Crippen molar-refractivity contribution in [1.82, 2.24) is 9.97 Å². The van der Waals surface area contributed by atoms with E-state index < -0.39 is 23.4 Å². The highest BCUT2D eigenvalue weighted by Gasteiger charge is 2.24. The predicted molar refractivity (Wildman–Crippen MR) is 134 cm³/mol. The van der Waals surface area contributed by atoms with E-state index in [0.29, 0.717) is 43.4 Å². The number of nitrogens with zero attached hydrogens (tertiary/aromatic N) is 2. The van der Waals surface area contributed by atoms with Crippen molar-refractivity contribution in [3.63, 3.8) is 0 Å². The highest BCUT2D eigenvalue weighted by Crippen LogP contribution is 2.28. The van der Waals surface area contributed by atoms with Gasteiger partial charge in [-0.25, -0.2) is 18.7 Å². The van der Waals surface area contributed by atoms with Gasteiger partial charge in [-0.05, 0) is 35.9 Å². The Balaban J connectivity index is 1.35. The van der Waals surface area contributed by atoms with Gasteiger partial charge < -0.3 is 9.47 Å². The van der Waals surface area contributed by atoms with Gasteiger partial charge in [-0.3, -0.25) is 0 Å². The van der Waals surface area contributed by atoms with E-state index in [1.54, 1.807) is 18.3 Å². The zero-order chi connectivity index (χ0) is 27.1. The first-order valence-corrected chi connectivity index (χ1v) is 12.8. The molecule has 3 aromatic rings. The van der Waals surface area contributed by atoms with E-state index in [9.17, 15) is 22.0 Å². The maximum atomic E-state index is 14.7. The molecule has 0 spiro atoms. The molecular formula is C29H29F5N2O2. The highest BCUT2D eigenvalue weighted by atomic mass is 19.4. The van der Waals surface area contributed by atoms with E-state index in [4.69, 9.17) is 9.47 Å². The van der Waals surface area contributed by atoms with Gasteiger partial charge in [-0.1, -0.05) is 50.7 Å². The van der Waals surface area contributed by atoms with Crippen LogP contribution in [-0.2, 0) is 15.9 Å². The Bertz CT molecular complexity index is 1290. The predicted octanol–water partition coefficient (Wildman–Crippen LogP) is 7.38. The Morgan fingerprint density at radius 1 is 0.974 bits per heavy atom. The maximum Gasteiger partial charge on any atom is 0.458 e. The van der Waals surface area contributed by atoms with Crippen LogP contribution in [0.1, 0.15) is 56.6 Å². The number of hydrogen-bond acceptors (Lipinski definition) is 4. The van der Waals surface area contributed by atoms with E-state index in [1.165, 1.54) is 43.9 Å². The number of benzene rings is 2. The van der Waals surface area contributed by atoms with Crippen molar-refractivity contribution >= 4 is 10.8 Å². The minimum atomic E-state index is -4.85. The SMILES string of the molecule is CCCCCCC1COC(CCc2cnc(-c3ccc4c(F)c(C#CC(F)(F)F)c(F)cc4c3)nc2)OC1. The minimum Gasteiger partial charge on any atom is -0.352 e. The number of aromatic nitrogens is 2. The average Bonchev–Trinajstić information content (AvgIpc) is 2.90. The van der Waals surface area contributed by atoms with E-state index in [0.717, 1.165) is 24.0 Å². The quantitative estimate of drug-likeness (QED) is 0.164. The standard InChI is InChI=1S/C29H29F5N2O2/c1-2-3-4-5-6-20-17-37-26(38-18-20)10-7-19-15-35-28(36-16-19)21-8-9-23-22(13-21)14-25(30)24(27(23)31)11-12-29(32,33)34/h8-9,13-16,20,26H,2-7,10,17-18H2,1H3. The Morgan fingerprint density at radius 3 is 2.39 bits per heavy atom. The van der Waals surface area contributed by atoms with E-state index in [1.807, 2.05) is 0 Å². The Labute approximate surface area is 218 Å². The lowest BCUT2D eigenvalue weighted by atomic mass is 10.0. The summed E-state index contributed by atoms with van der Waals surface area (Å²) >= 11 is 0. The molecule has 0 aliphatic carbocycles. The number of halogens is 5. The van der Waals surface area contributed by atoms with Gasteiger partial charge in [0.2, 0.25) is 0 Å². The molecule has 1 aromatic heterocycles. The van der Waals surface area contributed by atoms with Crippen molar-refractivity contribution in [3.8, 4) is 23.2 Å². The molecular weight excluding hydrogens is 503 g/mol. The summed E-state index contributed by atoms with van der Waals surface area (Å²) in [6.07, 6.45) is 5.68. The molecule has 1 aliphatic rings. The van der Waals surface area contributed by atoms with Crippen molar-refractivity contribution in [2.24, 2.45) is 5.92 Å². The smallest absolute Gasteiger partial charge is 0.352 e. The van der Waals surface area contributed by atoms with Gasteiger partial charge in [-0.2, -0.15) is 13.2 Å². The Hall–Kier alpha value is -3.09.